The van der Waals surface area contributed by atoms with Gasteiger partial charge in [-0.2, -0.15) is 0 Å². The summed E-state index contributed by atoms with van der Waals surface area (Å²) in [6.07, 6.45) is 10.5. The molecule has 2 heterocycles. The van der Waals surface area contributed by atoms with Crippen LogP contribution in [-0.2, 0) is 10.3 Å². The topological polar surface area (TPSA) is 64.1 Å². The Morgan fingerprint density at radius 2 is 1.17 bits per heavy atom. The summed E-state index contributed by atoms with van der Waals surface area (Å²) in [5.41, 5.74) is 3.36. The number of hydrogen-bond donors (Lipinski definition) is 0. The van der Waals surface area contributed by atoms with Gasteiger partial charge in [0.25, 0.3) is 0 Å². The van der Waals surface area contributed by atoms with E-state index in [1.54, 1.807) is 18.3 Å². The Bertz CT molecular complexity index is 1330. The van der Waals surface area contributed by atoms with Gasteiger partial charge in [0.1, 0.15) is 17.2 Å². The van der Waals surface area contributed by atoms with Crippen molar-refractivity contribution in [3.8, 4) is 11.5 Å². The molecule has 0 N–H and O–H groups in total. The molecule has 0 spiro atoms. The normalized spacial score (nSPS) is 13.3. The number of anilines is 2. The highest BCUT2D eigenvalue weighted by Gasteiger charge is 2.53. The molecule has 0 fully saturated rings. The molecule has 1 aliphatic heterocycles. The number of unbranched alkanes of at least 4 members (excludes halogenated alkanes) is 6. The largest absolute Gasteiger partial charge is 0.493 e. The van der Waals surface area contributed by atoms with Gasteiger partial charge in [0, 0.05) is 67.0 Å². The highest BCUT2D eigenvalue weighted by molar-refractivity contribution is 5.96. The van der Waals surface area contributed by atoms with Crippen molar-refractivity contribution < 1.29 is 19.0 Å². The van der Waals surface area contributed by atoms with Gasteiger partial charge in [0.15, 0.2) is 0 Å². The van der Waals surface area contributed by atoms with Crippen LogP contribution in [0.2, 0.25) is 0 Å². The average molecular weight is 630 g/mol. The summed E-state index contributed by atoms with van der Waals surface area (Å²) in [5, 5.41) is 0. The van der Waals surface area contributed by atoms with Crippen molar-refractivity contribution in [1.29, 1.82) is 0 Å². The van der Waals surface area contributed by atoms with E-state index in [0.29, 0.717) is 36.0 Å². The van der Waals surface area contributed by atoms with Crippen molar-refractivity contribution in [2.45, 2.75) is 98.5 Å². The Labute approximate surface area is 277 Å². The summed E-state index contributed by atoms with van der Waals surface area (Å²) in [4.78, 5) is 23.1. The second-order valence-corrected chi connectivity index (χ2v) is 12.0. The van der Waals surface area contributed by atoms with Crippen LogP contribution in [0, 0.1) is 0 Å². The molecule has 0 radical (unpaired) electrons. The fraction of sp³-hybridized carbons (Fsp3) is 0.538. The number of cyclic esters (lactones) is 1. The summed E-state index contributed by atoms with van der Waals surface area (Å²) in [6.45, 7) is 17.7. The van der Waals surface area contributed by atoms with Crippen LogP contribution in [0.25, 0.3) is 0 Å². The van der Waals surface area contributed by atoms with E-state index in [9.17, 15) is 4.79 Å². The number of carbonyl (C=O) groups is 1. The lowest BCUT2D eigenvalue weighted by molar-refractivity contribution is 0.0227. The molecule has 7 heteroatoms. The van der Waals surface area contributed by atoms with Crippen LogP contribution in [0.1, 0.15) is 120 Å². The van der Waals surface area contributed by atoms with E-state index in [0.717, 1.165) is 87.2 Å². The van der Waals surface area contributed by atoms with Crippen molar-refractivity contribution in [2.24, 2.45) is 0 Å². The van der Waals surface area contributed by atoms with Crippen LogP contribution in [0.15, 0.2) is 54.7 Å². The molecule has 0 aliphatic carbocycles. The Balaban J connectivity index is 1.94. The molecule has 1 aromatic heterocycles. The van der Waals surface area contributed by atoms with E-state index in [1.807, 2.05) is 0 Å². The minimum atomic E-state index is -1.34. The van der Waals surface area contributed by atoms with Gasteiger partial charge in [-0.15, -0.1) is 0 Å². The molecular formula is C39H55N3O4. The first-order valence-electron chi connectivity index (χ1n) is 17.7. The molecule has 250 valence electrons. The minimum absolute atomic E-state index is 0.397. The lowest BCUT2D eigenvalue weighted by Gasteiger charge is -2.34. The molecule has 7 nitrogen and oxygen atoms in total. The molecular weight excluding hydrogens is 574 g/mol. The average Bonchev–Trinajstić information content (AvgIpc) is 3.38. The lowest BCUT2D eigenvalue weighted by Crippen LogP contribution is -2.32. The van der Waals surface area contributed by atoms with Gasteiger partial charge in [-0.25, -0.2) is 4.79 Å². The first kappa shape index (κ1) is 35.1. The first-order valence-corrected chi connectivity index (χ1v) is 17.7. The van der Waals surface area contributed by atoms with Crippen molar-refractivity contribution in [3.63, 3.8) is 0 Å². The van der Waals surface area contributed by atoms with Crippen molar-refractivity contribution in [2.75, 3.05) is 49.2 Å². The number of pyridine rings is 1. The van der Waals surface area contributed by atoms with Gasteiger partial charge in [-0.3, -0.25) is 4.98 Å². The highest BCUT2D eigenvalue weighted by Crippen LogP contribution is 2.52. The molecule has 46 heavy (non-hydrogen) atoms. The molecule has 2 aromatic carbocycles. The third-order valence-electron chi connectivity index (χ3n) is 9.06. The zero-order valence-corrected chi connectivity index (χ0v) is 29.1. The van der Waals surface area contributed by atoms with Crippen LogP contribution in [-0.4, -0.2) is 50.3 Å². The third kappa shape index (κ3) is 7.62. The zero-order valence-electron chi connectivity index (χ0n) is 29.1. The second-order valence-electron chi connectivity index (χ2n) is 12.0. The number of ether oxygens (including phenoxy) is 3. The maximum Gasteiger partial charge on any atom is 0.341 e. The Morgan fingerprint density at radius 1 is 0.674 bits per heavy atom. The summed E-state index contributed by atoms with van der Waals surface area (Å²) < 4.78 is 19.9. The number of carbonyl (C=O) groups excluding carboxylic acids is 1. The van der Waals surface area contributed by atoms with Crippen molar-refractivity contribution >= 4 is 17.3 Å². The van der Waals surface area contributed by atoms with Gasteiger partial charge < -0.3 is 24.0 Å². The number of aromatic nitrogens is 1. The number of esters is 1. The molecule has 0 atom stereocenters. The summed E-state index contributed by atoms with van der Waals surface area (Å²) in [5.74, 6) is 1.01. The Morgan fingerprint density at radius 3 is 1.63 bits per heavy atom. The fourth-order valence-electron chi connectivity index (χ4n) is 6.44. The van der Waals surface area contributed by atoms with Crippen molar-refractivity contribution in [3.05, 3.63) is 77.1 Å². The Hall–Kier alpha value is -3.74. The van der Waals surface area contributed by atoms with Gasteiger partial charge in [-0.05, 0) is 76.9 Å². The zero-order chi connectivity index (χ0) is 32.9. The maximum absolute atomic E-state index is 13.7. The Kier molecular flexibility index (Phi) is 13.2. The number of hydrogen-bond acceptors (Lipinski definition) is 7. The molecule has 0 unspecified atom stereocenters. The molecule has 0 bridgehead atoms. The summed E-state index contributed by atoms with van der Waals surface area (Å²) in [7, 11) is 0. The number of nitrogens with zero attached hydrogens (tertiary/aromatic N) is 3. The highest BCUT2D eigenvalue weighted by atomic mass is 16.6. The maximum atomic E-state index is 13.7. The SMILES string of the molecule is CCCCCCOc1cc(N(CC)CC)ccc1C1(c2ccc(N(CC)CC)cc2OCCCCCC)OC(=O)c2cccnc21. The van der Waals surface area contributed by atoms with Gasteiger partial charge >= 0.3 is 5.97 Å². The molecule has 4 rings (SSSR count). The van der Waals surface area contributed by atoms with Crippen LogP contribution in [0.5, 0.6) is 11.5 Å². The van der Waals surface area contributed by atoms with E-state index in [1.165, 1.54) is 12.8 Å². The first-order chi connectivity index (χ1) is 22.5. The number of fused-ring (bicyclic) bond motifs is 1. The van der Waals surface area contributed by atoms with E-state index < -0.39 is 11.6 Å². The molecule has 0 saturated heterocycles. The minimum Gasteiger partial charge on any atom is -0.493 e. The molecule has 0 saturated carbocycles. The molecule has 0 amide bonds. The predicted octanol–water partition coefficient (Wildman–Crippen LogP) is 9.15. The van der Waals surface area contributed by atoms with Crippen LogP contribution in [0.4, 0.5) is 11.4 Å². The van der Waals surface area contributed by atoms with E-state index in [-0.39, 0.29) is 0 Å². The molecule has 1 aliphatic rings. The second kappa shape index (κ2) is 17.3. The van der Waals surface area contributed by atoms with Crippen molar-refractivity contribution in [1.82, 2.24) is 4.98 Å². The quantitative estimate of drug-likeness (QED) is 0.0912. The number of rotatable bonds is 20. The van der Waals surface area contributed by atoms with E-state index >= 15 is 0 Å². The monoisotopic (exact) mass is 629 g/mol. The van der Waals surface area contributed by atoms with Gasteiger partial charge in [0.2, 0.25) is 5.60 Å². The van der Waals surface area contributed by atoms with Gasteiger partial charge in [0.05, 0.1) is 18.8 Å². The predicted molar refractivity (Wildman–Crippen MR) is 189 cm³/mol. The van der Waals surface area contributed by atoms with Gasteiger partial charge in [-0.1, -0.05) is 52.4 Å². The fourth-order valence-corrected chi connectivity index (χ4v) is 6.44. The van der Waals surface area contributed by atoms with Crippen LogP contribution < -0.4 is 19.3 Å². The smallest absolute Gasteiger partial charge is 0.341 e. The standard InChI is InChI=1S/C39H55N3O4/c1-7-13-15-17-26-44-35-28-30(41(9-3)10-4)21-23-33(35)39(37-32(38(43)46-39)20-19-25-40-37)34-24-22-31(42(11-5)12-6)29-36(34)45-27-18-16-14-8-2/h19-25,28-29H,7-18,26-27H2,1-6H3. The van der Waals surface area contributed by atoms with Crippen LogP contribution in [0.3, 0.4) is 0 Å². The molecule has 3 aromatic rings. The van der Waals surface area contributed by atoms with E-state index in [2.05, 4.69) is 87.7 Å². The third-order valence-corrected chi connectivity index (χ3v) is 9.06. The summed E-state index contributed by atoms with van der Waals surface area (Å²) in [6, 6.07) is 16.2. The van der Waals surface area contributed by atoms with Crippen LogP contribution >= 0.6 is 0 Å². The summed E-state index contributed by atoms with van der Waals surface area (Å²) >= 11 is 0. The van der Waals surface area contributed by atoms with E-state index in [4.69, 9.17) is 19.2 Å². The lowest BCUT2D eigenvalue weighted by atomic mass is 9.81. The number of benzene rings is 2.